The topological polar surface area (TPSA) is 72.6 Å². The van der Waals surface area contributed by atoms with Crippen LogP contribution in [0.2, 0.25) is 0 Å². The van der Waals surface area contributed by atoms with Gasteiger partial charge in [0.2, 0.25) is 5.91 Å². The van der Waals surface area contributed by atoms with Crippen molar-refractivity contribution in [1.82, 2.24) is 4.90 Å². The second-order valence-corrected chi connectivity index (χ2v) is 4.75. The molecule has 1 unspecified atom stereocenters. The number of carbonyl (C=O) groups is 1. The maximum atomic E-state index is 12.4. The first kappa shape index (κ1) is 14.4. The molecule has 0 aromatic carbocycles. The van der Waals surface area contributed by atoms with Gasteiger partial charge in [0.1, 0.15) is 11.5 Å². The fraction of sp³-hybridized carbons (Fsp3) is 0.400. The molecule has 2 rings (SSSR count). The summed E-state index contributed by atoms with van der Waals surface area (Å²) in [6.45, 7) is 2.80. The fourth-order valence-corrected chi connectivity index (χ4v) is 2.06. The van der Waals surface area contributed by atoms with Crippen LogP contribution in [-0.2, 0) is 17.9 Å². The molecule has 0 saturated heterocycles. The highest BCUT2D eigenvalue weighted by Crippen LogP contribution is 2.13. The third-order valence-electron chi connectivity index (χ3n) is 3.08. The average Bonchev–Trinajstić information content (AvgIpc) is 3.10. The van der Waals surface area contributed by atoms with Crippen molar-refractivity contribution in [3.8, 4) is 0 Å². The van der Waals surface area contributed by atoms with Crippen molar-refractivity contribution < 1.29 is 13.6 Å². The maximum absolute atomic E-state index is 12.4. The van der Waals surface area contributed by atoms with Crippen LogP contribution in [0.3, 0.4) is 0 Å². The molecule has 1 atom stereocenters. The average molecular weight is 276 g/mol. The molecule has 2 aromatic heterocycles. The summed E-state index contributed by atoms with van der Waals surface area (Å²) in [5.74, 6) is 1.38. The van der Waals surface area contributed by atoms with Crippen molar-refractivity contribution in [1.29, 1.82) is 0 Å². The summed E-state index contributed by atoms with van der Waals surface area (Å²) in [7, 11) is 0. The number of nitrogens with zero attached hydrogens (tertiary/aromatic N) is 1. The number of rotatable bonds is 7. The lowest BCUT2D eigenvalue weighted by Crippen LogP contribution is -2.42. The van der Waals surface area contributed by atoms with Crippen LogP contribution in [0.4, 0.5) is 0 Å². The van der Waals surface area contributed by atoms with Crippen LogP contribution in [-0.4, -0.2) is 16.8 Å². The quantitative estimate of drug-likeness (QED) is 0.843. The largest absolute Gasteiger partial charge is 0.467 e. The molecule has 0 bridgehead atoms. The van der Waals surface area contributed by atoms with Crippen molar-refractivity contribution >= 4 is 5.91 Å². The van der Waals surface area contributed by atoms with E-state index in [0.717, 1.165) is 17.9 Å². The Balaban J connectivity index is 2.08. The molecule has 2 aromatic rings. The Kier molecular flexibility index (Phi) is 5.01. The Morgan fingerprint density at radius 3 is 2.15 bits per heavy atom. The van der Waals surface area contributed by atoms with Gasteiger partial charge in [0.25, 0.3) is 0 Å². The van der Waals surface area contributed by atoms with Gasteiger partial charge in [-0.2, -0.15) is 0 Å². The minimum atomic E-state index is -0.482. The zero-order chi connectivity index (χ0) is 14.4. The van der Waals surface area contributed by atoms with Gasteiger partial charge in [-0.1, -0.05) is 13.3 Å². The highest BCUT2D eigenvalue weighted by molar-refractivity contribution is 5.81. The van der Waals surface area contributed by atoms with E-state index < -0.39 is 6.04 Å². The summed E-state index contributed by atoms with van der Waals surface area (Å²) in [5.41, 5.74) is 5.93. The van der Waals surface area contributed by atoms with Gasteiger partial charge in [-0.05, 0) is 30.7 Å². The molecule has 0 spiro atoms. The van der Waals surface area contributed by atoms with Gasteiger partial charge in [-0.3, -0.25) is 4.79 Å². The molecular weight excluding hydrogens is 256 g/mol. The maximum Gasteiger partial charge on any atom is 0.240 e. The third-order valence-corrected chi connectivity index (χ3v) is 3.08. The Morgan fingerprint density at radius 1 is 1.20 bits per heavy atom. The predicted octanol–water partition coefficient (Wildman–Crippen LogP) is 2.53. The number of carbonyl (C=O) groups excluding carboxylic acids is 1. The fourth-order valence-electron chi connectivity index (χ4n) is 2.06. The predicted molar refractivity (Wildman–Crippen MR) is 74.6 cm³/mol. The highest BCUT2D eigenvalue weighted by Gasteiger charge is 2.22. The van der Waals surface area contributed by atoms with E-state index in [-0.39, 0.29) is 5.91 Å². The molecule has 5 heteroatoms. The van der Waals surface area contributed by atoms with Gasteiger partial charge >= 0.3 is 0 Å². The molecule has 108 valence electrons. The van der Waals surface area contributed by atoms with E-state index in [2.05, 4.69) is 0 Å². The number of furan rings is 2. The smallest absolute Gasteiger partial charge is 0.240 e. The van der Waals surface area contributed by atoms with Crippen LogP contribution in [0, 0.1) is 0 Å². The number of amides is 1. The minimum absolute atomic E-state index is 0.0837. The van der Waals surface area contributed by atoms with E-state index in [1.54, 1.807) is 29.6 Å². The van der Waals surface area contributed by atoms with E-state index in [9.17, 15) is 4.79 Å². The summed E-state index contributed by atoms with van der Waals surface area (Å²) in [6.07, 6.45) is 4.74. The van der Waals surface area contributed by atoms with Gasteiger partial charge in [0, 0.05) is 0 Å². The Hall–Kier alpha value is -2.01. The Labute approximate surface area is 118 Å². The van der Waals surface area contributed by atoms with E-state index >= 15 is 0 Å². The first-order chi connectivity index (χ1) is 9.70. The third kappa shape index (κ3) is 3.74. The summed E-state index contributed by atoms with van der Waals surface area (Å²) >= 11 is 0. The van der Waals surface area contributed by atoms with Gasteiger partial charge in [0.15, 0.2) is 0 Å². The lowest BCUT2D eigenvalue weighted by atomic mass is 10.1. The van der Waals surface area contributed by atoms with Crippen molar-refractivity contribution in [3.63, 3.8) is 0 Å². The molecule has 20 heavy (non-hydrogen) atoms. The van der Waals surface area contributed by atoms with Gasteiger partial charge in [-0.25, -0.2) is 0 Å². The van der Waals surface area contributed by atoms with E-state index in [0.29, 0.717) is 19.5 Å². The van der Waals surface area contributed by atoms with Gasteiger partial charge in [-0.15, -0.1) is 0 Å². The molecule has 5 nitrogen and oxygen atoms in total. The lowest BCUT2D eigenvalue weighted by molar-refractivity contribution is -0.134. The second kappa shape index (κ2) is 6.96. The molecule has 2 heterocycles. The number of hydrogen-bond donors (Lipinski definition) is 1. The molecule has 0 saturated carbocycles. The van der Waals surface area contributed by atoms with Crippen molar-refractivity contribution in [2.75, 3.05) is 0 Å². The highest BCUT2D eigenvalue weighted by atomic mass is 16.3. The van der Waals surface area contributed by atoms with E-state index in [4.69, 9.17) is 14.6 Å². The molecule has 0 aliphatic rings. The van der Waals surface area contributed by atoms with Crippen LogP contribution in [0.5, 0.6) is 0 Å². The van der Waals surface area contributed by atoms with E-state index in [1.807, 2.05) is 19.1 Å². The van der Waals surface area contributed by atoms with Gasteiger partial charge < -0.3 is 19.5 Å². The summed E-state index contributed by atoms with van der Waals surface area (Å²) in [6, 6.07) is 6.81. The SMILES string of the molecule is CCCC(N)C(=O)N(Cc1ccco1)Cc1ccco1. The monoisotopic (exact) mass is 276 g/mol. The van der Waals surface area contributed by atoms with Crippen LogP contribution in [0.15, 0.2) is 45.6 Å². The zero-order valence-corrected chi connectivity index (χ0v) is 11.6. The van der Waals surface area contributed by atoms with Crippen LogP contribution >= 0.6 is 0 Å². The minimum Gasteiger partial charge on any atom is -0.467 e. The van der Waals surface area contributed by atoms with E-state index in [1.165, 1.54) is 0 Å². The normalized spacial score (nSPS) is 12.3. The molecule has 0 aliphatic heterocycles. The summed E-state index contributed by atoms with van der Waals surface area (Å²) < 4.78 is 10.6. The van der Waals surface area contributed by atoms with Crippen molar-refractivity contribution in [2.24, 2.45) is 5.73 Å². The molecule has 1 amide bonds. The summed E-state index contributed by atoms with van der Waals surface area (Å²) in [5, 5.41) is 0. The first-order valence-corrected chi connectivity index (χ1v) is 6.79. The van der Waals surface area contributed by atoms with Gasteiger partial charge in [0.05, 0.1) is 31.7 Å². The molecule has 0 aliphatic carbocycles. The van der Waals surface area contributed by atoms with Crippen molar-refractivity contribution in [2.45, 2.75) is 38.9 Å². The molecule has 2 N–H and O–H groups in total. The van der Waals surface area contributed by atoms with Crippen LogP contribution in [0.1, 0.15) is 31.3 Å². The van der Waals surface area contributed by atoms with Crippen LogP contribution < -0.4 is 5.73 Å². The molecular formula is C15H20N2O3. The van der Waals surface area contributed by atoms with Crippen molar-refractivity contribution in [3.05, 3.63) is 48.3 Å². The lowest BCUT2D eigenvalue weighted by Gasteiger charge is -2.24. The van der Waals surface area contributed by atoms with Crippen LogP contribution in [0.25, 0.3) is 0 Å². The zero-order valence-electron chi connectivity index (χ0n) is 11.6. The Morgan fingerprint density at radius 2 is 1.75 bits per heavy atom. The first-order valence-electron chi connectivity index (χ1n) is 6.79. The second-order valence-electron chi connectivity index (χ2n) is 4.75. The standard InChI is InChI=1S/C15H20N2O3/c1-2-5-14(16)15(18)17(10-12-6-3-8-19-12)11-13-7-4-9-20-13/h3-4,6-9,14H,2,5,10-11,16H2,1H3. The molecule has 0 radical (unpaired) electrons. The number of hydrogen-bond acceptors (Lipinski definition) is 4. The molecule has 0 fully saturated rings. The number of nitrogens with two attached hydrogens (primary N) is 1. The Bertz CT molecular complexity index is 469. The summed E-state index contributed by atoms with van der Waals surface area (Å²) in [4.78, 5) is 14.1.